The van der Waals surface area contributed by atoms with Crippen molar-refractivity contribution >= 4 is 16.9 Å². The van der Waals surface area contributed by atoms with Crippen LogP contribution < -0.4 is 10.5 Å². The maximum atomic E-state index is 12.4. The van der Waals surface area contributed by atoms with Crippen LogP contribution in [0, 0.1) is 0 Å². The number of rotatable bonds is 4. The van der Waals surface area contributed by atoms with Gasteiger partial charge >= 0.3 is 0 Å². The van der Waals surface area contributed by atoms with Crippen molar-refractivity contribution in [1.29, 1.82) is 0 Å². The third-order valence-corrected chi connectivity index (χ3v) is 4.79. The molecule has 1 fully saturated rings. The molecule has 0 bridgehead atoms. The van der Waals surface area contributed by atoms with E-state index in [2.05, 4.69) is 19.9 Å². The molecule has 0 amide bonds. The summed E-state index contributed by atoms with van der Waals surface area (Å²) >= 11 is 0. The minimum absolute atomic E-state index is 0.0730. The topological polar surface area (TPSA) is 78.0 Å². The van der Waals surface area contributed by atoms with Gasteiger partial charge < -0.3 is 9.88 Å². The molecular formula is C19H22N6O. The quantitative estimate of drug-likeness (QED) is 0.776. The predicted molar refractivity (Wildman–Crippen MR) is 101 cm³/mol. The molecule has 0 aliphatic carbocycles. The Morgan fingerprint density at radius 1 is 1.23 bits per heavy atom. The molecular weight excluding hydrogens is 328 g/mol. The summed E-state index contributed by atoms with van der Waals surface area (Å²) in [6, 6.07) is 7.58. The van der Waals surface area contributed by atoms with Gasteiger partial charge in [-0.1, -0.05) is 12.1 Å². The van der Waals surface area contributed by atoms with Crippen LogP contribution >= 0.6 is 0 Å². The third-order valence-electron chi connectivity index (χ3n) is 4.79. The number of nitrogens with zero attached hydrogens (tertiary/aromatic N) is 5. The van der Waals surface area contributed by atoms with E-state index >= 15 is 0 Å². The number of para-hydroxylation sites is 1. The van der Waals surface area contributed by atoms with Crippen LogP contribution in [0.4, 0.5) is 5.95 Å². The van der Waals surface area contributed by atoms with Gasteiger partial charge in [0, 0.05) is 38.6 Å². The van der Waals surface area contributed by atoms with E-state index in [1.54, 1.807) is 6.07 Å². The zero-order valence-corrected chi connectivity index (χ0v) is 15.0. The van der Waals surface area contributed by atoms with Crippen LogP contribution in [0.5, 0.6) is 0 Å². The highest BCUT2D eigenvalue weighted by molar-refractivity contribution is 5.77. The van der Waals surface area contributed by atoms with Crippen LogP contribution in [0.15, 0.2) is 41.5 Å². The summed E-state index contributed by atoms with van der Waals surface area (Å²) in [6.45, 7) is 1.71. The largest absolute Gasteiger partial charge is 0.347 e. The fourth-order valence-electron chi connectivity index (χ4n) is 3.48. The zero-order chi connectivity index (χ0) is 18.1. The number of aromatic amines is 1. The summed E-state index contributed by atoms with van der Waals surface area (Å²) in [7, 11) is 3.85. The minimum Gasteiger partial charge on any atom is -0.347 e. The molecule has 2 aromatic heterocycles. The molecule has 1 unspecified atom stereocenters. The molecule has 134 valence electrons. The maximum absolute atomic E-state index is 12.4. The van der Waals surface area contributed by atoms with Crippen molar-refractivity contribution in [2.24, 2.45) is 0 Å². The van der Waals surface area contributed by atoms with Crippen LogP contribution in [-0.2, 0) is 6.54 Å². The van der Waals surface area contributed by atoms with Gasteiger partial charge in [0.05, 0.1) is 16.9 Å². The lowest BCUT2D eigenvalue weighted by atomic mass is 10.1. The highest BCUT2D eigenvalue weighted by Crippen LogP contribution is 2.31. The second-order valence-electron chi connectivity index (χ2n) is 6.88. The summed E-state index contributed by atoms with van der Waals surface area (Å²) in [6.07, 6.45) is 5.80. The van der Waals surface area contributed by atoms with Crippen LogP contribution in [-0.4, -0.2) is 45.5 Å². The Hall–Kier alpha value is -2.80. The highest BCUT2D eigenvalue weighted by Gasteiger charge is 2.28. The lowest BCUT2D eigenvalue weighted by Crippen LogP contribution is -2.26. The third kappa shape index (κ3) is 3.17. The van der Waals surface area contributed by atoms with Crippen molar-refractivity contribution in [3.63, 3.8) is 0 Å². The van der Waals surface area contributed by atoms with Crippen molar-refractivity contribution in [3.8, 4) is 0 Å². The number of hydrogen-bond donors (Lipinski definition) is 1. The van der Waals surface area contributed by atoms with Crippen LogP contribution in [0.2, 0.25) is 0 Å². The molecule has 1 saturated heterocycles. The molecule has 4 rings (SSSR count). The Kier molecular flexibility index (Phi) is 4.38. The lowest BCUT2D eigenvalue weighted by molar-refractivity contribution is 0.239. The molecule has 0 radical (unpaired) electrons. The number of H-pyrrole nitrogens is 1. The Labute approximate surface area is 151 Å². The summed E-state index contributed by atoms with van der Waals surface area (Å²) in [5.41, 5.74) is 1.73. The standard InChI is InChI=1S/C19H22N6O/c1-24(2)19-20-10-13(11-21-19)12-25-9-5-8-16(25)17-22-15-7-4-3-6-14(15)18(26)23-17/h3-4,6-7,10-11,16H,5,8-9,12H2,1-2H3,(H,22,23,26). The molecule has 7 nitrogen and oxygen atoms in total. The average molecular weight is 350 g/mol. The van der Waals surface area contributed by atoms with Crippen LogP contribution in [0.25, 0.3) is 10.9 Å². The van der Waals surface area contributed by atoms with Crippen molar-refractivity contribution in [2.45, 2.75) is 25.4 Å². The smallest absolute Gasteiger partial charge is 0.258 e. The Balaban J connectivity index is 1.59. The molecule has 0 saturated carbocycles. The number of nitrogens with one attached hydrogen (secondary N) is 1. The second kappa shape index (κ2) is 6.84. The summed E-state index contributed by atoms with van der Waals surface area (Å²) in [5.74, 6) is 1.45. The number of aromatic nitrogens is 4. The molecule has 26 heavy (non-hydrogen) atoms. The summed E-state index contributed by atoms with van der Waals surface area (Å²) in [5, 5.41) is 0.633. The fourth-order valence-corrected chi connectivity index (χ4v) is 3.48. The monoisotopic (exact) mass is 350 g/mol. The predicted octanol–water partition coefficient (Wildman–Crippen LogP) is 2.12. The Morgan fingerprint density at radius 3 is 2.77 bits per heavy atom. The van der Waals surface area contributed by atoms with Gasteiger partial charge in [0.2, 0.25) is 5.95 Å². The first-order valence-corrected chi connectivity index (χ1v) is 8.83. The van der Waals surface area contributed by atoms with E-state index in [0.29, 0.717) is 11.3 Å². The number of benzene rings is 1. The van der Waals surface area contributed by atoms with E-state index in [1.165, 1.54) is 0 Å². The van der Waals surface area contributed by atoms with Crippen molar-refractivity contribution in [1.82, 2.24) is 24.8 Å². The minimum atomic E-state index is -0.0730. The molecule has 0 spiro atoms. The van der Waals surface area contributed by atoms with E-state index in [9.17, 15) is 4.79 Å². The molecule has 7 heteroatoms. The number of likely N-dealkylation sites (tertiary alicyclic amines) is 1. The van der Waals surface area contributed by atoms with Gasteiger partial charge in [0.15, 0.2) is 0 Å². The zero-order valence-electron chi connectivity index (χ0n) is 15.0. The number of fused-ring (bicyclic) bond motifs is 1. The summed E-state index contributed by atoms with van der Waals surface area (Å²) in [4.78, 5) is 33.1. The first kappa shape index (κ1) is 16.7. The van der Waals surface area contributed by atoms with Gasteiger partial charge in [-0.2, -0.15) is 0 Å². The molecule has 1 aromatic carbocycles. The SMILES string of the molecule is CN(C)c1ncc(CN2CCCC2c2nc3ccccc3c(=O)[nH]2)cn1. The average Bonchev–Trinajstić information content (AvgIpc) is 3.10. The van der Waals surface area contributed by atoms with Crippen LogP contribution in [0.3, 0.4) is 0 Å². The molecule has 3 heterocycles. The van der Waals surface area contributed by atoms with Gasteiger partial charge in [-0.05, 0) is 31.5 Å². The first-order valence-electron chi connectivity index (χ1n) is 8.83. The van der Waals surface area contributed by atoms with Crippen molar-refractivity contribution < 1.29 is 0 Å². The Bertz CT molecular complexity index is 966. The maximum Gasteiger partial charge on any atom is 0.258 e. The van der Waals surface area contributed by atoms with E-state index in [-0.39, 0.29) is 11.6 Å². The molecule has 1 aliphatic rings. The van der Waals surface area contributed by atoms with Crippen LogP contribution in [0.1, 0.15) is 30.3 Å². The van der Waals surface area contributed by atoms with E-state index in [1.807, 2.05) is 49.6 Å². The fraction of sp³-hybridized carbons (Fsp3) is 0.368. The molecule has 1 N–H and O–H groups in total. The Morgan fingerprint density at radius 2 is 2.00 bits per heavy atom. The van der Waals surface area contributed by atoms with Crippen molar-refractivity contribution in [2.75, 3.05) is 25.5 Å². The van der Waals surface area contributed by atoms with Gasteiger partial charge in [0.25, 0.3) is 5.56 Å². The number of anilines is 1. The summed E-state index contributed by atoms with van der Waals surface area (Å²) < 4.78 is 0. The van der Waals surface area contributed by atoms with E-state index in [4.69, 9.17) is 4.98 Å². The first-order chi connectivity index (χ1) is 12.6. The van der Waals surface area contributed by atoms with E-state index < -0.39 is 0 Å². The van der Waals surface area contributed by atoms with Gasteiger partial charge in [-0.25, -0.2) is 15.0 Å². The molecule has 1 aliphatic heterocycles. The lowest BCUT2D eigenvalue weighted by Gasteiger charge is -2.23. The second-order valence-corrected chi connectivity index (χ2v) is 6.88. The number of hydrogen-bond acceptors (Lipinski definition) is 6. The molecule has 1 atom stereocenters. The normalized spacial score (nSPS) is 17.7. The van der Waals surface area contributed by atoms with Crippen molar-refractivity contribution in [3.05, 3.63) is 58.4 Å². The molecule has 3 aromatic rings. The van der Waals surface area contributed by atoms with Gasteiger partial charge in [0.1, 0.15) is 5.82 Å². The highest BCUT2D eigenvalue weighted by atomic mass is 16.1. The van der Waals surface area contributed by atoms with Gasteiger partial charge in [-0.15, -0.1) is 0 Å². The van der Waals surface area contributed by atoms with Gasteiger partial charge in [-0.3, -0.25) is 9.69 Å². The van der Waals surface area contributed by atoms with E-state index in [0.717, 1.165) is 42.8 Å².